The Morgan fingerprint density at radius 1 is 0.894 bits per heavy atom. The van der Waals surface area contributed by atoms with Gasteiger partial charge in [-0.25, -0.2) is 9.18 Å². The largest absolute Gasteiger partial charge is 0.497 e. The highest BCUT2D eigenvalue weighted by Gasteiger charge is 2.24. The Morgan fingerprint density at radius 2 is 1.55 bits per heavy atom. The smallest absolute Gasteiger partial charge is 0.336 e. The Kier molecular flexibility index (Phi) is 12.0. The van der Waals surface area contributed by atoms with Gasteiger partial charge in [-0.1, -0.05) is 52.0 Å². The maximum atomic E-state index is 15.0. The minimum atomic E-state index is -0.697. The van der Waals surface area contributed by atoms with Crippen molar-refractivity contribution in [1.82, 2.24) is 13.7 Å². The maximum Gasteiger partial charge on any atom is 0.336 e. The molecule has 0 saturated heterocycles. The predicted octanol–water partition coefficient (Wildman–Crippen LogP) is 6.42. The van der Waals surface area contributed by atoms with E-state index in [0.717, 1.165) is 4.57 Å². The Bertz CT molecular complexity index is 2080. The molecular weight excluding hydrogens is 601 g/mol. The first-order valence-electron chi connectivity index (χ1n) is 15.4. The van der Waals surface area contributed by atoms with Crippen LogP contribution in [0.5, 0.6) is 5.75 Å². The van der Waals surface area contributed by atoms with Crippen LogP contribution in [-0.4, -0.2) is 26.7 Å². The van der Waals surface area contributed by atoms with E-state index < -0.39 is 22.6 Å². The Labute approximate surface area is 273 Å². The van der Waals surface area contributed by atoms with E-state index in [1.807, 2.05) is 27.7 Å². The third-order valence-corrected chi connectivity index (χ3v) is 7.20. The van der Waals surface area contributed by atoms with Crippen LogP contribution in [0.4, 0.5) is 21.6 Å². The van der Waals surface area contributed by atoms with Crippen LogP contribution < -0.4 is 32.2 Å². The highest BCUT2D eigenvalue weighted by atomic mass is 19.1. The number of rotatable bonds is 7. The fourth-order valence-electron chi connectivity index (χ4n) is 5.06. The summed E-state index contributed by atoms with van der Waals surface area (Å²) in [7, 11) is 3.01. The van der Waals surface area contributed by atoms with Crippen molar-refractivity contribution < 1.29 is 13.9 Å². The number of nitrogens with one attached hydrogen (secondary N) is 2. The van der Waals surface area contributed by atoms with Crippen molar-refractivity contribution in [2.24, 2.45) is 7.05 Å². The molecule has 0 radical (unpaired) electrons. The van der Waals surface area contributed by atoms with Crippen molar-refractivity contribution in [2.45, 2.75) is 55.0 Å². The van der Waals surface area contributed by atoms with Crippen LogP contribution in [0.15, 0.2) is 81.1 Å². The molecule has 3 aromatic carbocycles. The third kappa shape index (κ3) is 7.51. The standard InChI is InChI=1S/C32H30FN5O5.2C2H6/c1-18-9-14-26(25(33)15-18)35-29-27-28(19(2)30(40)36(29)4)38(23-8-6-7-22(16-23)34-20(3)39)32(42)37(31(27)41)17-21-10-12-24(43-5)13-11-21;2*1-2/h6-16,35H,17H2,1-5H3,(H,34,39);2*1-2H3. The van der Waals surface area contributed by atoms with E-state index in [9.17, 15) is 19.2 Å². The molecule has 2 heterocycles. The van der Waals surface area contributed by atoms with Gasteiger partial charge >= 0.3 is 5.69 Å². The summed E-state index contributed by atoms with van der Waals surface area (Å²) < 4.78 is 23.8. The molecular formula is C36H42FN5O5. The van der Waals surface area contributed by atoms with E-state index in [0.29, 0.717) is 28.3 Å². The average Bonchev–Trinajstić information content (AvgIpc) is 3.07. The zero-order valence-corrected chi connectivity index (χ0v) is 28.3. The number of aryl methyl sites for hydroxylation is 2. The highest BCUT2D eigenvalue weighted by Crippen LogP contribution is 2.28. The lowest BCUT2D eigenvalue weighted by atomic mass is 10.1. The number of methoxy groups -OCH3 is 1. The second-order valence-corrected chi connectivity index (χ2v) is 10.3. The van der Waals surface area contributed by atoms with Gasteiger partial charge in [-0.05, 0) is 67.4 Å². The van der Waals surface area contributed by atoms with Crippen LogP contribution in [-0.2, 0) is 18.4 Å². The zero-order valence-electron chi connectivity index (χ0n) is 28.3. The van der Waals surface area contributed by atoms with Gasteiger partial charge in [0, 0.05) is 25.2 Å². The molecule has 248 valence electrons. The Hall–Kier alpha value is -5.45. The number of pyridine rings is 1. The van der Waals surface area contributed by atoms with Gasteiger partial charge in [-0.3, -0.25) is 28.1 Å². The van der Waals surface area contributed by atoms with Gasteiger partial charge in [0.05, 0.1) is 30.5 Å². The topological polar surface area (TPSA) is 116 Å². The second kappa shape index (κ2) is 15.7. The molecule has 10 nitrogen and oxygen atoms in total. The van der Waals surface area contributed by atoms with Crippen molar-refractivity contribution in [3.63, 3.8) is 0 Å². The zero-order chi connectivity index (χ0) is 35.0. The molecule has 0 aliphatic carbocycles. The number of benzene rings is 3. The van der Waals surface area contributed by atoms with Crippen molar-refractivity contribution in [1.29, 1.82) is 0 Å². The monoisotopic (exact) mass is 643 g/mol. The molecule has 11 heteroatoms. The Morgan fingerprint density at radius 3 is 2.15 bits per heavy atom. The van der Waals surface area contributed by atoms with Gasteiger partial charge in [-0.2, -0.15) is 0 Å². The number of amides is 1. The summed E-state index contributed by atoms with van der Waals surface area (Å²) in [5.41, 5.74) is 0.489. The number of hydrogen-bond donors (Lipinski definition) is 2. The summed E-state index contributed by atoms with van der Waals surface area (Å²) in [6, 6.07) is 18.0. The molecule has 0 atom stereocenters. The summed E-state index contributed by atoms with van der Waals surface area (Å²) >= 11 is 0. The van der Waals surface area contributed by atoms with E-state index in [2.05, 4.69) is 10.6 Å². The van der Waals surface area contributed by atoms with E-state index in [-0.39, 0.29) is 40.4 Å². The summed E-state index contributed by atoms with van der Waals surface area (Å²) in [6.07, 6.45) is 0. The molecule has 47 heavy (non-hydrogen) atoms. The van der Waals surface area contributed by atoms with Crippen molar-refractivity contribution in [3.8, 4) is 11.4 Å². The summed E-state index contributed by atoms with van der Waals surface area (Å²) in [6.45, 7) is 12.5. The molecule has 0 spiro atoms. The van der Waals surface area contributed by atoms with Crippen LogP contribution >= 0.6 is 0 Å². The van der Waals surface area contributed by atoms with E-state index in [4.69, 9.17) is 4.74 Å². The first kappa shape index (κ1) is 36.0. The molecule has 0 aliphatic heterocycles. The number of anilines is 3. The molecule has 0 bridgehead atoms. The molecule has 0 unspecified atom stereocenters. The maximum absolute atomic E-state index is 15.0. The van der Waals surface area contributed by atoms with Gasteiger partial charge in [0.25, 0.3) is 11.1 Å². The van der Waals surface area contributed by atoms with Gasteiger partial charge in [0.15, 0.2) is 0 Å². The SMILES string of the molecule is CC.CC.COc1ccc(Cn2c(=O)c3c(Nc4ccc(C)cc4F)n(C)c(=O)c(C)c3n(-c3cccc(NC(C)=O)c3)c2=O)cc1. The van der Waals surface area contributed by atoms with E-state index in [1.165, 1.54) is 49.3 Å². The number of aromatic nitrogens is 3. The van der Waals surface area contributed by atoms with Crippen LogP contribution in [0, 0.1) is 19.7 Å². The van der Waals surface area contributed by atoms with Crippen LogP contribution in [0.2, 0.25) is 0 Å². The number of nitrogens with zero attached hydrogens (tertiary/aromatic N) is 3. The summed E-state index contributed by atoms with van der Waals surface area (Å²) in [5, 5.41) is 5.65. The minimum Gasteiger partial charge on any atom is -0.497 e. The number of fused-ring (bicyclic) bond motifs is 1. The first-order valence-corrected chi connectivity index (χ1v) is 15.4. The molecule has 5 rings (SSSR count). The number of ether oxygens (including phenoxy) is 1. The minimum absolute atomic E-state index is 0.0117. The molecule has 0 fully saturated rings. The number of carbonyl (C=O) groups is 1. The molecule has 0 aliphatic rings. The predicted molar refractivity (Wildman–Crippen MR) is 187 cm³/mol. The molecule has 2 aromatic heterocycles. The number of carbonyl (C=O) groups excluding carboxylic acids is 1. The van der Waals surface area contributed by atoms with E-state index in [1.54, 1.807) is 61.5 Å². The lowest BCUT2D eigenvalue weighted by Gasteiger charge is -2.21. The second-order valence-electron chi connectivity index (χ2n) is 10.3. The van der Waals surface area contributed by atoms with Gasteiger partial charge in [0.1, 0.15) is 22.8 Å². The lowest BCUT2D eigenvalue weighted by Crippen LogP contribution is -2.41. The van der Waals surface area contributed by atoms with Crippen LogP contribution in [0.3, 0.4) is 0 Å². The summed E-state index contributed by atoms with van der Waals surface area (Å²) in [4.78, 5) is 53.8. The van der Waals surface area contributed by atoms with Crippen LogP contribution in [0.25, 0.3) is 16.6 Å². The fraction of sp³-hybridized carbons (Fsp3) is 0.278. The van der Waals surface area contributed by atoms with Crippen molar-refractivity contribution in [2.75, 3.05) is 17.7 Å². The van der Waals surface area contributed by atoms with Crippen molar-refractivity contribution >= 4 is 34.0 Å². The average molecular weight is 644 g/mol. The number of hydrogen-bond acceptors (Lipinski definition) is 6. The molecule has 5 aromatic rings. The number of halogens is 1. The molecule has 0 saturated carbocycles. The fourth-order valence-corrected chi connectivity index (χ4v) is 5.06. The Balaban J connectivity index is 0.00000144. The molecule has 2 N–H and O–H groups in total. The quantitative estimate of drug-likeness (QED) is 0.212. The van der Waals surface area contributed by atoms with Crippen LogP contribution in [0.1, 0.15) is 51.3 Å². The van der Waals surface area contributed by atoms with Gasteiger partial charge in [0.2, 0.25) is 5.91 Å². The van der Waals surface area contributed by atoms with Gasteiger partial charge < -0.3 is 15.4 Å². The molecule has 1 amide bonds. The highest BCUT2D eigenvalue weighted by molar-refractivity contribution is 5.94. The van der Waals surface area contributed by atoms with Crippen molar-refractivity contribution in [3.05, 3.63) is 120 Å². The van der Waals surface area contributed by atoms with Gasteiger partial charge in [-0.15, -0.1) is 0 Å². The third-order valence-electron chi connectivity index (χ3n) is 7.20. The lowest BCUT2D eigenvalue weighted by molar-refractivity contribution is -0.114. The van der Waals surface area contributed by atoms with E-state index >= 15 is 4.39 Å². The normalized spacial score (nSPS) is 10.3. The summed E-state index contributed by atoms with van der Waals surface area (Å²) in [5.74, 6) is -0.251. The first-order chi connectivity index (χ1) is 22.5.